The second-order valence-corrected chi connectivity index (χ2v) is 7.80. The van der Waals surface area contributed by atoms with Crippen molar-refractivity contribution < 1.29 is 4.74 Å². The molecular weight excluding hydrogens is 312 g/mol. The smallest absolute Gasteiger partial charge is 0.134 e. The molecule has 0 amide bonds. The Kier molecular flexibility index (Phi) is 5.86. The Labute approximate surface area is 150 Å². The predicted molar refractivity (Wildman–Crippen MR) is 102 cm³/mol. The Bertz CT molecular complexity index is 693. The molecule has 2 heterocycles. The maximum atomic E-state index is 5.67. The Balaban J connectivity index is 0.000000146. The van der Waals surface area contributed by atoms with Crippen molar-refractivity contribution in [2.45, 2.75) is 52.0 Å². The average Bonchev–Trinajstić information content (AvgIpc) is 2.61. The summed E-state index contributed by atoms with van der Waals surface area (Å²) >= 11 is 0. The van der Waals surface area contributed by atoms with E-state index in [0.29, 0.717) is 11.2 Å². The van der Waals surface area contributed by atoms with Crippen LogP contribution in [0.15, 0.2) is 24.5 Å². The van der Waals surface area contributed by atoms with Crippen LogP contribution in [0.25, 0.3) is 10.9 Å². The van der Waals surface area contributed by atoms with Crippen molar-refractivity contribution in [3.05, 3.63) is 30.1 Å². The number of anilines is 1. The Hall–Kier alpha value is -1.72. The summed E-state index contributed by atoms with van der Waals surface area (Å²) in [5.41, 5.74) is 8.18. The number of rotatable bonds is 3. The van der Waals surface area contributed by atoms with Gasteiger partial charge in [-0.1, -0.05) is 37.8 Å². The van der Waals surface area contributed by atoms with Gasteiger partial charge in [-0.25, -0.2) is 9.97 Å². The number of hydrogen-bond donors (Lipinski definition) is 2. The molecule has 0 spiro atoms. The van der Waals surface area contributed by atoms with Crippen molar-refractivity contribution in [1.29, 1.82) is 0 Å². The summed E-state index contributed by atoms with van der Waals surface area (Å²) < 4.78 is 5.24. The van der Waals surface area contributed by atoms with Gasteiger partial charge in [-0.05, 0) is 31.9 Å². The number of nitrogen functional groups attached to an aromatic ring is 1. The Morgan fingerprint density at radius 3 is 2.64 bits per heavy atom. The highest BCUT2D eigenvalue weighted by Gasteiger charge is 2.33. The van der Waals surface area contributed by atoms with E-state index in [1.165, 1.54) is 44.0 Å². The zero-order valence-corrected chi connectivity index (χ0v) is 15.4. The molecule has 3 N–H and O–H groups in total. The van der Waals surface area contributed by atoms with Crippen LogP contribution in [0.2, 0.25) is 0 Å². The van der Waals surface area contributed by atoms with Gasteiger partial charge in [-0.2, -0.15) is 0 Å². The van der Waals surface area contributed by atoms with Crippen LogP contribution in [0.4, 0.5) is 5.82 Å². The van der Waals surface area contributed by atoms with Gasteiger partial charge in [-0.15, -0.1) is 0 Å². The monoisotopic (exact) mass is 342 g/mol. The highest BCUT2D eigenvalue weighted by molar-refractivity contribution is 5.88. The molecule has 5 heteroatoms. The van der Waals surface area contributed by atoms with Crippen LogP contribution in [0.3, 0.4) is 0 Å². The predicted octanol–water partition coefficient (Wildman–Crippen LogP) is 3.47. The molecule has 1 aliphatic heterocycles. The molecule has 1 saturated heterocycles. The van der Waals surface area contributed by atoms with Gasteiger partial charge in [-0.3, -0.25) is 0 Å². The van der Waals surface area contributed by atoms with Gasteiger partial charge in [0.2, 0.25) is 0 Å². The van der Waals surface area contributed by atoms with Gasteiger partial charge >= 0.3 is 0 Å². The maximum absolute atomic E-state index is 5.67. The molecule has 0 bridgehead atoms. The first kappa shape index (κ1) is 18.1. The molecule has 2 fully saturated rings. The van der Waals surface area contributed by atoms with Crippen LogP contribution in [0.1, 0.15) is 44.6 Å². The van der Waals surface area contributed by atoms with Crippen molar-refractivity contribution in [2.24, 2.45) is 5.41 Å². The van der Waals surface area contributed by atoms with E-state index in [1.807, 2.05) is 25.1 Å². The van der Waals surface area contributed by atoms with E-state index >= 15 is 0 Å². The topological polar surface area (TPSA) is 73.1 Å². The first-order chi connectivity index (χ1) is 12.1. The minimum atomic E-state index is 0.442. The van der Waals surface area contributed by atoms with Crippen molar-refractivity contribution in [3.63, 3.8) is 0 Å². The lowest BCUT2D eigenvalue weighted by molar-refractivity contribution is -0.100. The van der Waals surface area contributed by atoms with Crippen molar-refractivity contribution in [1.82, 2.24) is 15.3 Å². The second-order valence-electron chi connectivity index (χ2n) is 7.80. The van der Waals surface area contributed by atoms with Crippen LogP contribution in [-0.4, -0.2) is 35.8 Å². The van der Waals surface area contributed by atoms with E-state index in [2.05, 4.69) is 22.2 Å². The van der Waals surface area contributed by atoms with Gasteiger partial charge in [0.25, 0.3) is 0 Å². The standard InChI is InChI=1S/C11H21NO.C9H9N3/c1-11(8-13-9-11)7-12-10-5-3-2-4-6-10;1-6-2-3-8-7(4-6)9(10)12-5-11-8/h10,12H,2-9H2,1H3;2-5H,1H3,(H2,10,11,12). The molecule has 4 rings (SSSR count). The molecule has 2 aromatic rings. The summed E-state index contributed by atoms with van der Waals surface area (Å²) in [4.78, 5) is 8.01. The normalized spacial score (nSPS) is 19.8. The molecule has 1 aliphatic carbocycles. The highest BCUT2D eigenvalue weighted by Crippen LogP contribution is 2.26. The zero-order chi connectivity index (χ0) is 17.7. The molecule has 25 heavy (non-hydrogen) atoms. The van der Waals surface area contributed by atoms with Crippen molar-refractivity contribution >= 4 is 16.7 Å². The lowest BCUT2D eigenvalue weighted by Gasteiger charge is -2.39. The second kappa shape index (κ2) is 8.11. The SMILES string of the molecule is CC1(CNC2CCCCC2)COC1.Cc1ccc2ncnc(N)c2c1. The summed E-state index contributed by atoms with van der Waals surface area (Å²) in [5.74, 6) is 0.545. The largest absolute Gasteiger partial charge is 0.383 e. The number of nitrogens with one attached hydrogen (secondary N) is 1. The molecule has 5 nitrogen and oxygen atoms in total. The molecule has 1 saturated carbocycles. The third kappa shape index (κ3) is 4.89. The van der Waals surface area contributed by atoms with Crippen molar-refractivity contribution in [3.8, 4) is 0 Å². The average molecular weight is 342 g/mol. The summed E-state index contributed by atoms with van der Waals surface area (Å²) in [6.45, 7) is 7.38. The first-order valence-electron chi connectivity index (χ1n) is 9.34. The number of hydrogen-bond acceptors (Lipinski definition) is 5. The fraction of sp³-hybridized carbons (Fsp3) is 0.600. The molecule has 1 aromatic carbocycles. The van der Waals surface area contributed by atoms with E-state index in [4.69, 9.17) is 10.5 Å². The quantitative estimate of drug-likeness (QED) is 0.893. The minimum absolute atomic E-state index is 0.442. The fourth-order valence-electron chi connectivity index (χ4n) is 3.44. The number of benzene rings is 1. The van der Waals surface area contributed by atoms with E-state index in [0.717, 1.165) is 36.7 Å². The van der Waals surface area contributed by atoms with Crippen LogP contribution >= 0.6 is 0 Å². The molecule has 136 valence electrons. The van der Waals surface area contributed by atoms with Gasteiger partial charge in [0, 0.05) is 23.4 Å². The number of aryl methyl sites for hydroxylation is 1. The van der Waals surface area contributed by atoms with Gasteiger partial charge in [0.05, 0.1) is 18.7 Å². The number of fused-ring (bicyclic) bond motifs is 1. The summed E-state index contributed by atoms with van der Waals surface area (Å²) in [7, 11) is 0. The fourth-order valence-corrected chi connectivity index (χ4v) is 3.44. The van der Waals surface area contributed by atoms with Gasteiger partial charge in [0.1, 0.15) is 12.1 Å². The third-order valence-electron chi connectivity index (χ3n) is 5.15. The van der Waals surface area contributed by atoms with Crippen LogP contribution in [0, 0.1) is 12.3 Å². The Morgan fingerprint density at radius 2 is 1.96 bits per heavy atom. The number of ether oxygens (including phenoxy) is 1. The molecule has 1 aromatic heterocycles. The minimum Gasteiger partial charge on any atom is -0.383 e. The molecule has 0 radical (unpaired) electrons. The molecule has 2 aliphatic rings. The Morgan fingerprint density at radius 1 is 1.20 bits per heavy atom. The highest BCUT2D eigenvalue weighted by atomic mass is 16.5. The van der Waals surface area contributed by atoms with Gasteiger partial charge in [0.15, 0.2) is 0 Å². The van der Waals surface area contributed by atoms with E-state index in [9.17, 15) is 0 Å². The van der Waals surface area contributed by atoms with Crippen LogP contribution in [-0.2, 0) is 4.74 Å². The first-order valence-corrected chi connectivity index (χ1v) is 9.34. The van der Waals surface area contributed by atoms with E-state index in [-0.39, 0.29) is 0 Å². The van der Waals surface area contributed by atoms with E-state index < -0.39 is 0 Å². The number of nitrogens with zero attached hydrogens (tertiary/aromatic N) is 2. The summed E-state index contributed by atoms with van der Waals surface area (Å²) in [5, 5.41) is 4.61. The van der Waals surface area contributed by atoms with Gasteiger partial charge < -0.3 is 15.8 Å². The maximum Gasteiger partial charge on any atom is 0.134 e. The summed E-state index contributed by atoms with van der Waals surface area (Å²) in [6, 6.07) is 6.74. The summed E-state index contributed by atoms with van der Waals surface area (Å²) in [6.07, 6.45) is 8.54. The third-order valence-corrected chi connectivity index (χ3v) is 5.15. The van der Waals surface area contributed by atoms with Crippen LogP contribution in [0.5, 0.6) is 0 Å². The van der Waals surface area contributed by atoms with Crippen LogP contribution < -0.4 is 11.1 Å². The van der Waals surface area contributed by atoms with E-state index in [1.54, 1.807) is 0 Å². The molecular formula is C20H30N4O. The zero-order valence-electron chi connectivity index (χ0n) is 15.4. The molecule has 0 atom stereocenters. The number of aromatic nitrogens is 2. The van der Waals surface area contributed by atoms with Crippen molar-refractivity contribution in [2.75, 3.05) is 25.5 Å². The molecule has 0 unspecified atom stereocenters. The number of nitrogens with two attached hydrogens (primary N) is 1. The lowest BCUT2D eigenvalue weighted by Crippen LogP contribution is -2.49. The lowest BCUT2D eigenvalue weighted by atomic mass is 9.87.